The van der Waals surface area contributed by atoms with Crippen molar-refractivity contribution in [3.63, 3.8) is 0 Å². The van der Waals surface area contributed by atoms with Crippen molar-refractivity contribution in [3.05, 3.63) is 17.8 Å². The summed E-state index contributed by atoms with van der Waals surface area (Å²) in [4.78, 5) is 18.2. The number of aliphatic hydroxyl groups is 1. The molecule has 2 heterocycles. The Bertz CT molecular complexity index is 411. The number of aliphatic hydroxyl groups excluding tert-OH is 1. The van der Waals surface area contributed by atoms with Crippen LogP contribution in [0.4, 0.5) is 0 Å². The maximum atomic E-state index is 12.3. The number of likely N-dealkylation sites (tertiary alicyclic amines) is 1. The number of rotatable bonds is 3. The van der Waals surface area contributed by atoms with Crippen LogP contribution in [0.3, 0.4) is 0 Å². The third kappa shape index (κ3) is 3.54. The van der Waals surface area contributed by atoms with Crippen molar-refractivity contribution < 1.29 is 14.3 Å². The molecule has 0 radical (unpaired) electrons. The third-order valence-corrected chi connectivity index (χ3v) is 3.40. The average Bonchev–Trinajstić information content (AvgIpc) is 2.86. The van der Waals surface area contributed by atoms with Gasteiger partial charge in [0.2, 0.25) is 5.89 Å². The zero-order valence-electron chi connectivity index (χ0n) is 11.0. The maximum absolute atomic E-state index is 12.3. The Morgan fingerprint density at radius 1 is 1.37 bits per heavy atom. The minimum Gasteiger partial charge on any atom is -0.446 e. The average molecular weight is 267 g/mol. The Hall–Kier alpha value is -1.40. The number of carbonyl (C=O) groups is 1. The second-order valence-electron chi connectivity index (χ2n) is 4.92. The van der Waals surface area contributed by atoms with Crippen molar-refractivity contribution in [2.75, 3.05) is 19.7 Å². The topological polar surface area (TPSA) is 92.6 Å². The van der Waals surface area contributed by atoms with Crippen LogP contribution in [0.25, 0.3) is 0 Å². The molecule has 1 aliphatic heterocycles. The van der Waals surface area contributed by atoms with Crippen molar-refractivity contribution >= 4 is 5.91 Å². The third-order valence-electron chi connectivity index (χ3n) is 3.40. The number of nitrogens with zero attached hydrogens (tertiary/aromatic N) is 2. The summed E-state index contributed by atoms with van der Waals surface area (Å²) in [5.41, 5.74) is 5.88. The summed E-state index contributed by atoms with van der Waals surface area (Å²) < 4.78 is 5.14. The molecule has 1 aromatic rings. The minimum atomic E-state index is -0.672. The van der Waals surface area contributed by atoms with E-state index in [1.54, 1.807) is 0 Å². The minimum absolute atomic E-state index is 0.109. The smallest absolute Gasteiger partial charge is 0.275 e. The highest BCUT2D eigenvalue weighted by molar-refractivity contribution is 5.92. The van der Waals surface area contributed by atoms with E-state index in [2.05, 4.69) is 4.98 Å². The van der Waals surface area contributed by atoms with E-state index in [1.165, 1.54) is 25.5 Å². The van der Waals surface area contributed by atoms with E-state index in [-0.39, 0.29) is 24.1 Å². The molecule has 106 valence electrons. The molecule has 1 atom stereocenters. The number of hydrogen-bond donors (Lipinski definition) is 2. The normalized spacial score (nSPS) is 18.7. The Balaban J connectivity index is 2.03. The zero-order chi connectivity index (χ0) is 13.7. The van der Waals surface area contributed by atoms with Crippen LogP contribution in [-0.2, 0) is 0 Å². The highest BCUT2D eigenvalue weighted by Crippen LogP contribution is 2.15. The van der Waals surface area contributed by atoms with Gasteiger partial charge in [0.15, 0.2) is 5.69 Å². The van der Waals surface area contributed by atoms with Crippen LogP contribution in [0, 0.1) is 0 Å². The predicted octanol–water partition coefficient (Wildman–Crippen LogP) is 1.07. The second kappa shape index (κ2) is 6.68. The lowest BCUT2D eigenvalue weighted by Gasteiger charge is -2.23. The van der Waals surface area contributed by atoms with Crippen LogP contribution in [0.5, 0.6) is 0 Å². The summed E-state index contributed by atoms with van der Waals surface area (Å²) >= 11 is 0. The van der Waals surface area contributed by atoms with Gasteiger partial charge in [0.1, 0.15) is 12.3 Å². The highest BCUT2D eigenvalue weighted by Gasteiger charge is 2.21. The van der Waals surface area contributed by atoms with Gasteiger partial charge in [-0.25, -0.2) is 4.98 Å². The molecule has 0 saturated carbocycles. The predicted molar refractivity (Wildman–Crippen MR) is 69.5 cm³/mol. The van der Waals surface area contributed by atoms with Crippen LogP contribution in [-0.4, -0.2) is 40.6 Å². The number of nitrogens with two attached hydrogens (primary N) is 1. The van der Waals surface area contributed by atoms with Crippen LogP contribution >= 0.6 is 0 Å². The Morgan fingerprint density at radius 2 is 2.00 bits per heavy atom. The fraction of sp³-hybridized carbons (Fsp3) is 0.692. The molecule has 6 nitrogen and oxygen atoms in total. The maximum Gasteiger partial charge on any atom is 0.275 e. The molecule has 1 saturated heterocycles. The molecule has 1 fully saturated rings. The first kappa shape index (κ1) is 14.0. The second-order valence-corrected chi connectivity index (χ2v) is 4.92. The lowest BCUT2D eigenvalue weighted by molar-refractivity contribution is 0.0736. The van der Waals surface area contributed by atoms with Crippen LogP contribution in [0.15, 0.2) is 10.7 Å². The van der Waals surface area contributed by atoms with Crippen molar-refractivity contribution in [3.8, 4) is 0 Å². The molecule has 19 heavy (non-hydrogen) atoms. The van der Waals surface area contributed by atoms with Gasteiger partial charge in [-0.2, -0.15) is 0 Å². The van der Waals surface area contributed by atoms with E-state index >= 15 is 0 Å². The van der Waals surface area contributed by atoms with Crippen LogP contribution < -0.4 is 5.73 Å². The van der Waals surface area contributed by atoms with E-state index in [0.717, 1.165) is 25.9 Å². The van der Waals surface area contributed by atoms with E-state index in [4.69, 9.17) is 15.3 Å². The lowest BCUT2D eigenvalue weighted by Crippen LogP contribution is -2.34. The number of oxazole rings is 1. The summed E-state index contributed by atoms with van der Waals surface area (Å²) in [5, 5.41) is 8.93. The molecule has 0 aliphatic carbocycles. The van der Waals surface area contributed by atoms with E-state index < -0.39 is 6.04 Å². The first-order valence-corrected chi connectivity index (χ1v) is 6.83. The molecule has 3 N–H and O–H groups in total. The number of amides is 1. The van der Waals surface area contributed by atoms with Gasteiger partial charge >= 0.3 is 0 Å². The summed E-state index contributed by atoms with van der Waals surface area (Å²) in [7, 11) is 0. The van der Waals surface area contributed by atoms with Crippen molar-refractivity contribution in [1.29, 1.82) is 0 Å². The van der Waals surface area contributed by atoms with Crippen molar-refractivity contribution in [1.82, 2.24) is 9.88 Å². The van der Waals surface area contributed by atoms with Gasteiger partial charge in [0.25, 0.3) is 5.91 Å². The Morgan fingerprint density at radius 3 is 2.63 bits per heavy atom. The monoisotopic (exact) mass is 267 g/mol. The van der Waals surface area contributed by atoms with Crippen LogP contribution in [0.1, 0.15) is 54.5 Å². The molecule has 1 amide bonds. The summed E-state index contributed by atoms with van der Waals surface area (Å²) in [6.45, 7) is 1.29. The quantitative estimate of drug-likeness (QED) is 0.854. The molecule has 1 aromatic heterocycles. The molecular weight excluding hydrogens is 246 g/mol. The van der Waals surface area contributed by atoms with Gasteiger partial charge in [-0.15, -0.1) is 0 Å². The molecule has 0 aromatic carbocycles. The van der Waals surface area contributed by atoms with E-state index in [1.807, 2.05) is 4.90 Å². The summed E-state index contributed by atoms with van der Waals surface area (Å²) in [6, 6.07) is -0.672. The Labute approximate surface area is 112 Å². The standard InChI is InChI=1S/C13H21N3O3/c14-10(8-17)12-15-11(9-19-12)13(18)16-6-4-2-1-3-5-7-16/h9-10,17H,1-8,14H2. The molecule has 1 aliphatic rings. The molecule has 0 spiro atoms. The Kier molecular flexibility index (Phi) is 4.93. The lowest BCUT2D eigenvalue weighted by atomic mass is 10.1. The highest BCUT2D eigenvalue weighted by atomic mass is 16.3. The van der Waals surface area contributed by atoms with Gasteiger partial charge in [-0.3, -0.25) is 4.79 Å². The number of hydrogen-bond acceptors (Lipinski definition) is 5. The number of aromatic nitrogens is 1. The van der Waals surface area contributed by atoms with Crippen LogP contribution in [0.2, 0.25) is 0 Å². The molecular formula is C13H21N3O3. The SMILES string of the molecule is NC(CO)c1nc(C(=O)N2CCCCCCC2)co1. The van der Waals surface area contributed by atoms with Gasteiger partial charge in [0, 0.05) is 13.1 Å². The summed E-state index contributed by atoms with van der Waals surface area (Å²) in [5.74, 6) is 0.0972. The van der Waals surface area contributed by atoms with Gasteiger partial charge < -0.3 is 20.2 Å². The van der Waals surface area contributed by atoms with E-state index in [0.29, 0.717) is 0 Å². The van der Waals surface area contributed by atoms with Gasteiger partial charge in [0.05, 0.1) is 6.61 Å². The summed E-state index contributed by atoms with van der Waals surface area (Å²) in [6.07, 6.45) is 6.99. The van der Waals surface area contributed by atoms with Crippen molar-refractivity contribution in [2.45, 2.75) is 38.1 Å². The molecule has 6 heteroatoms. The largest absolute Gasteiger partial charge is 0.446 e. The molecule has 1 unspecified atom stereocenters. The van der Waals surface area contributed by atoms with Crippen molar-refractivity contribution in [2.24, 2.45) is 5.73 Å². The first-order chi connectivity index (χ1) is 9.22. The fourth-order valence-electron chi connectivity index (χ4n) is 2.25. The molecule has 0 bridgehead atoms. The molecule has 2 rings (SSSR count). The fourth-order valence-corrected chi connectivity index (χ4v) is 2.25. The van der Waals surface area contributed by atoms with Gasteiger partial charge in [-0.05, 0) is 12.8 Å². The number of carbonyl (C=O) groups excluding carboxylic acids is 1. The van der Waals surface area contributed by atoms with Gasteiger partial charge in [-0.1, -0.05) is 19.3 Å². The zero-order valence-corrected chi connectivity index (χ0v) is 11.0. The van der Waals surface area contributed by atoms with E-state index in [9.17, 15) is 4.79 Å². The first-order valence-electron chi connectivity index (χ1n) is 6.83.